The quantitative estimate of drug-likeness (QED) is 0.223. The summed E-state index contributed by atoms with van der Waals surface area (Å²) in [5, 5.41) is 0. The van der Waals surface area contributed by atoms with Crippen molar-refractivity contribution in [1.82, 2.24) is 0 Å². The summed E-state index contributed by atoms with van der Waals surface area (Å²) in [6.45, 7) is 0. The van der Waals surface area contributed by atoms with Crippen LogP contribution in [0.15, 0.2) is 0 Å². The van der Waals surface area contributed by atoms with Gasteiger partial charge in [-0.15, -0.1) is 0 Å². The van der Waals surface area contributed by atoms with Crippen molar-refractivity contribution in [2.24, 2.45) is 0 Å². The van der Waals surface area contributed by atoms with Crippen molar-refractivity contribution in [3.63, 3.8) is 0 Å². The molecule has 0 aliphatic heterocycles. The molecule has 0 atom stereocenters. The first-order chi connectivity index (χ1) is 3.46. The molecule has 0 heterocycles. The van der Waals surface area contributed by atoms with Crippen molar-refractivity contribution in [3.05, 3.63) is 0 Å². The van der Waals surface area contributed by atoms with Gasteiger partial charge >= 0.3 is 204 Å². The van der Waals surface area contributed by atoms with Gasteiger partial charge in [0, 0.05) is 0 Å². The maximum absolute atomic E-state index is 8.62. The molecule has 0 saturated carbocycles. The second-order valence-corrected chi connectivity index (χ2v) is 3.66. The van der Waals surface area contributed by atoms with Gasteiger partial charge in [0.1, 0.15) is 0 Å². The first kappa shape index (κ1) is 42.9. The molecule has 0 saturated heterocycles. The molecule has 8 nitrogen and oxygen atoms in total. The first-order valence-electron chi connectivity index (χ1n) is 1.10. The van der Waals surface area contributed by atoms with Crippen LogP contribution in [0.3, 0.4) is 0 Å². The Bertz CT molecular complexity index is 134. The van der Waals surface area contributed by atoms with Gasteiger partial charge in [-0.25, -0.2) is 0 Å². The van der Waals surface area contributed by atoms with Gasteiger partial charge in [0.2, 0.25) is 0 Å². The summed E-state index contributed by atoms with van der Waals surface area (Å²) in [5.74, 6) is 0. The van der Waals surface area contributed by atoms with E-state index >= 15 is 0 Å². The van der Waals surface area contributed by atoms with Gasteiger partial charge in [0.25, 0.3) is 0 Å². The molecule has 0 aromatic rings. The average molecular weight is 902 g/mol. The molecule has 0 bridgehead atoms. The van der Waals surface area contributed by atoms with Crippen LogP contribution < -0.4 is 7.23 Å². The van der Waals surface area contributed by atoms with Gasteiger partial charge < -0.3 is 11.0 Å². The van der Waals surface area contributed by atoms with Crippen LogP contribution in [-0.2, 0) is 61.5 Å². The van der Waals surface area contributed by atoms with Crippen LogP contribution in [0.1, 0.15) is 0 Å². The van der Waals surface area contributed by atoms with Crippen molar-refractivity contribution in [3.8, 4) is 0 Å². The fourth-order valence-electron chi connectivity index (χ4n) is 0. The molecular formula is Ba3O8Ta2. The van der Waals surface area contributed by atoms with Gasteiger partial charge in [0.05, 0.1) is 0 Å². The molecule has 64 valence electrons. The Kier molecular flexibility index (Phi) is 119. The third kappa shape index (κ3) is 146. The van der Waals surface area contributed by atoms with Gasteiger partial charge in [0.15, 0.2) is 0 Å². The molecule has 0 radical (unpaired) electrons. The summed E-state index contributed by atoms with van der Waals surface area (Å²) in [7, 11) is 0. The third-order valence-electron chi connectivity index (χ3n) is 0. The summed E-state index contributed by atoms with van der Waals surface area (Å²) in [6, 6.07) is 0. The molecule has 13 heavy (non-hydrogen) atoms. The van der Waals surface area contributed by atoms with E-state index in [-0.39, 0.29) is 158 Å². The molecule has 0 amide bonds. The standard InChI is InChI=1S/3Ba.8O.2Ta/q3*+2;;;;;2*-2;2*-1;;. The van der Waals surface area contributed by atoms with E-state index in [1.165, 1.54) is 0 Å². The molecule has 0 aliphatic rings. The molecule has 0 aromatic carbocycles. The van der Waals surface area contributed by atoms with E-state index in [1.54, 1.807) is 0 Å². The Balaban J connectivity index is -0.00000000800. The van der Waals surface area contributed by atoms with Gasteiger partial charge in [-0.05, 0) is 0 Å². The molecule has 0 N–H and O–H groups in total. The minimum absolute atomic E-state index is 0. The molecule has 0 aliphatic carbocycles. The zero-order valence-corrected chi connectivity index (χ0v) is 26.0. The molecule has 0 rings (SSSR count). The van der Waals surface area contributed by atoms with E-state index in [4.69, 9.17) is 20.2 Å². The van der Waals surface area contributed by atoms with Crippen molar-refractivity contribution in [2.45, 2.75) is 0 Å². The van der Waals surface area contributed by atoms with E-state index in [9.17, 15) is 0 Å². The molecule has 13 heteroatoms. The van der Waals surface area contributed by atoms with Crippen molar-refractivity contribution < 1.29 is 68.8 Å². The topological polar surface area (TPSA) is 171 Å². The van der Waals surface area contributed by atoms with Crippen LogP contribution in [0.5, 0.6) is 0 Å². The van der Waals surface area contributed by atoms with E-state index in [2.05, 4.69) is 0 Å². The van der Waals surface area contributed by atoms with Crippen molar-refractivity contribution in [2.75, 3.05) is 0 Å². The Morgan fingerprint density at radius 3 is 0.615 bits per heavy atom. The number of rotatable bonds is 0. The van der Waals surface area contributed by atoms with Crippen LogP contribution in [0.4, 0.5) is 0 Å². The van der Waals surface area contributed by atoms with Gasteiger partial charge in [-0.2, -0.15) is 0 Å². The van der Waals surface area contributed by atoms with Gasteiger partial charge in [-0.3, -0.25) is 0 Å². The van der Waals surface area contributed by atoms with Crippen LogP contribution in [0, 0.1) is 0 Å². The van der Waals surface area contributed by atoms with E-state index < -0.39 is 37.6 Å². The zero-order chi connectivity index (χ0) is 7.15. The monoisotopic (exact) mass is 904 g/mol. The normalized spacial score (nSPS) is 3.85. The summed E-state index contributed by atoms with van der Waals surface area (Å²) >= 11 is -8.69. The Hall–Kier alpha value is 5.23. The SMILES string of the molecule is [Ba+2].[Ba+2].[Ba+2].[O-2].[O-2].[O]=[Ta](=[O])[O-].[O]=[Ta](=[O])[O-]. The predicted molar refractivity (Wildman–Crippen MR) is 21.4 cm³/mol. The predicted octanol–water partition coefficient (Wildman–Crippen LogP) is -4.24. The van der Waals surface area contributed by atoms with Crippen molar-refractivity contribution in [1.29, 1.82) is 0 Å². The minimum atomic E-state index is -4.34. The van der Waals surface area contributed by atoms with E-state index in [0.717, 1.165) is 0 Å². The van der Waals surface area contributed by atoms with Crippen LogP contribution in [-0.4, -0.2) is 147 Å². The van der Waals surface area contributed by atoms with E-state index in [1.807, 2.05) is 0 Å². The van der Waals surface area contributed by atoms with E-state index in [0.29, 0.717) is 0 Å². The first-order valence-corrected chi connectivity index (χ1v) is 8.97. The average Bonchev–Trinajstić information content (AvgIpc) is 1.25. The van der Waals surface area contributed by atoms with Crippen LogP contribution in [0.25, 0.3) is 0 Å². The summed E-state index contributed by atoms with van der Waals surface area (Å²) in [5.41, 5.74) is 0. The van der Waals surface area contributed by atoms with Crippen LogP contribution >= 0.6 is 0 Å². The Labute approximate surface area is 208 Å². The molecular weight excluding hydrogens is 902 g/mol. The van der Waals surface area contributed by atoms with Gasteiger partial charge in [-0.1, -0.05) is 0 Å². The fraction of sp³-hybridized carbons (Fsp3) is 0. The summed E-state index contributed by atoms with van der Waals surface area (Å²) in [6.07, 6.45) is 0. The molecule has 0 fully saturated rings. The Morgan fingerprint density at radius 2 is 0.615 bits per heavy atom. The molecule has 0 spiro atoms. The van der Waals surface area contributed by atoms with Crippen LogP contribution in [0.2, 0.25) is 0 Å². The van der Waals surface area contributed by atoms with Crippen molar-refractivity contribution >= 4 is 147 Å². The third-order valence-corrected chi connectivity index (χ3v) is 0. The zero-order valence-electron chi connectivity index (χ0n) is 6.28. The summed E-state index contributed by atoms with van der Waals surface area (Å²) < 4.78 is 51.7. The molecule has 0 aromatic heterocycles. The fourth-order valence-corrected chi connectivity index (χ4v) is 0. The second-order valence-electron chi connectivity index (χ2n) is 0.447. The number of hydrogen-bond acceptors (Lipinski definition) is 6. The second kappa shape index (κ2) is 36.0. The summed E-state index contributed by atoms with van der Waals surface area (Å²) in [4.78, 5) is 0. The number of hydrogen-bond donors (Lipinski definition) is 0. The molecule has 0 unspecified atom stereocenters. The maximum atomic E-state index is 8.62. The Morgan fingerprint density at radius 1 is 0.615 bits per heavy atom.